The lowest BCUT2D eigenvalue weighted by Crippen LogP contribution is -2.34. The molecule has 1 unspecified atom stereocenters. The summed E-state index contributed by atoms with van der Waals surface area (Å²) in [6.45, 7) is -0.324. The number of halogens is 1. The van der Waals surface area contributed by atoms with Crippen LogP contribution < -0.4 is 11.1 Å². The Labute approximate surface area is 85.7 Å². The van der Waals surface area contributed by atoms with E-state index in [1.165, 1.54) is 0 Å². The Hall–Kier alpha value is -0.170. The van der Waals surface area contributed by atoms with E-state index in [0.717, 1.165) is 0 Å². The molecule has 1 atom stereocenters. The topological polar surface area (TPSA) is 122 Å². The highest BCUT2D eigenvalue weighted by atomic mass is 35.5. The fourth-order valence-corrected chi connectivity index (χ4v) is 1.01. The summed E-state index contributed by atoms with van der Waals surface area (Å²) in [5, 5.41) is 2.22. The number of carbonyl (C=O) groups is 1. The van der Waals surface area contributed by atoms with Gasteiger partial charge >= 0.3 is 13.6 Å². The Bertz CT molecular complexity index is 232. The number of nitrogens with one attached hydrogen (secondary N) is 1. The molecule has 5 N–H and O–H groups in total. The standard InChI is InChI=1S/C5H12ClN2O5P/c6-1-4(7)13-5(9)2-8-3-14(10,11)12/h4,8H,1-3,7H2,(H2,10,11,12). The highest BCUT2D eigenvalue weighted by molar-refractivity contribution is 7.51. The minimum Gasteiger partial charge on any atom is -0.445 e. The molecule has 14 heavy (non-hydrogen) atoms. The predicted molar refractivity (Wildman–Crippen MR) is 49.7 cm³/mol. The number of nitrogens with two attached hydrogens (primary N) is 1. The van der Waals surface area contributed by atoms with Crippen LogP contribution >= 0.6 is 19.2 Å². The number of carbonyl (C=O) groups excluding carboxylic acids is 1. The molecule has 9 heteroatoms. The summed E-state index contributed by atoms with van der Waals surface area (Å²) in [4.78, 5) is 27.6. The maximum Gasteiger partial charge on any atom is 0.339 e. The lowest BCUT2D eigenvalue weighted by atomic mass is 10.6. The molecule has 0 saturated heterocycles. The van der Waals surface area contributed by atoms with E-state index >= 15 is 0 Å². The van der Waals surface area contributed by atoms with Gasteiger partial charge in [-0.3, -0.25) is 20.4 Å². The third-order valence-electron chi connectivity index (χ3n) is 1.02. The van der Waals surface area contributed by atoms with Crippen LogP contribution in [0.1, 0.15) is 0 Å². The highest BCUT2D eigenvalue weighted by Gasteiger charge is 2.14. The van der Waals surface area contributed by atoms with Gasteiger partial charge in [-0.1, -0.05) is 0 Å². The molecule has 0 aliphatic heterocycles. The third-order valence-corrected chi connectivity index (χ3v) is 1.96. The average molecular weight is 247 g/mol. The summed E-state index contributed by atoms with van der Waals surface area (Å²) >= 11 is 5.26. The zero-order valence-electron chi connectivity index (χ0n) is 7.22. The zero-order chi connectivity index (χ0) is 11.2. The quantitative estimate of drug-likeness (QED) is 0.200. The van der Waals surface area contributed by atoms with Crippen molar-refractivity contribution in [3.8, 4) is 0 Å². The first-order valence-corrected chi connectivity index (χ1v) is 5.94. The van der Waals surface area contributed by atoms with Gasteiger partial charge in [-0.15, -0.1) is 11.6 Å². The fraction of sp³-hybridized carbons (Fsp3) is 0.800. The van der Waals surface area contributed by atoms with E-state index in [4.69, 9.17) is 27.1 Å². The molecule has 0 aliphatic carbocycles. The van der Waals surface area contributed by atoms with Crippen molar-refractivity contribution in [2.24, 2.45) is 5.73 Å². The van der Waals surface area contributed by atoms with Gasteiger partial charge in [0.1, 0.15) is 0 Å². The van der Waals surface area contributed by atoms with E-state index < -0.39 is 26.1 Å². The molecule has 0 saturated carbocycles. The van der Waals surface area contributed by atoms with E-state index in [-0.39, 0.29) is 12.4 Å². The van der Waals surface area contributed by atoms with Crippen LogP contribution in [-0.2, 0) is 14.1 Å². The molecule has 7 nitrogen and oxygen atoms in total. The first-order valence-electron chi connectivity index (χ1n) is 3.61. The van der Waals surface area contributed by atoms with Gasteiger partial charge < -0.3 is 14.5 Å². The molecule has 84 valence electrons. The molecule has 0 spiro atoms. The maximum atomic E-state index is 10.8. The van der Waals surface area contributed by atoms with Crippen LogP contribution in [0.4, 0.5) is 0 Å². The Kier molecular flexibility index (Phi) is 6.26. The van der Waals surface area contributed by atoms with E-state index in [0.29, 0.717) is 0 Å². The number of esters is 1. The lowest BCUT2D eigenvalue weighted by molar-refractivity contribution is -0.146. The zero-order valence-corrected chi connectivity index (χ0v) is 8.87. The average Bonchev–Trinajstić information content (AvgIpc) is 2.01. The minimum atomic E-state index is -4.14. The van der Waals surface area contributed by atoms with Crippen LogP contribution in [0.25, 0.3) is 0 Å². The number of alkyl halides is 1. The molecule has 0 heterocycles. The molecule has 0 amide bonds. The number of hydrogen-bond acceptors (Lipinski definition) is 5. The second-order valence-corrected chi connectivity index (χ2v) is 4.39. The van der Waals surface area contributed by atoms with Gasteiger partial charge in [0.25, 0.3) is 0 Å². The SMILES string of the molecule is NC(CCl)OC(=O)CNCP(=O)(O)O. The molecule has 0 aromatic heterocycles. The fourth-order valence-electron chi connectivity index (χ4n) is 0.546. The summed E-state index contributed by atoms with van der Waals surface area (Å²) in [6.07, 6.45) is -1.49. The van der Waals surface area contributed by atoms with Gasteiger partial charge in [-0.2, -0.15) is 0 Å². The Morgan fingerprint density at radius 2 is 2.21 bits per heavy atom. The van der Waals surface area contributed by atoms with Gasteiger partial charge in [0.05, 0.1) is 18.7 Å². The van der Waals surface area contributed by atoms with Crippen molar-refractivity contribution in [2.75, 3.05) is 18.7 Å². The summed E-state index contributed by atoms with van der Waals surface area (Å²) in [5.74, 6) is -0.754. The van der Waals surface area contributed by atoms with Crippen molar-refractivity contribution in [3.63, 3.8) is 0 Å². The largest absolute Gasteiger partial charge is 0.445 e. The molecule has 0 radical (unpaired) electrons. The summed E-state index contributed by atoms with van der Waals surface area (Å²) in [5.41, 5.74) is 5.18. The molecule has 0 bridgehead atoms. The molecular formula is C5H12ClN2O5P. The minimum absolute atomic E-state index is 0.0375. The summed E-state index contributed by atoms with van der Waals surface area (Å²) in [7, 11) is -4.14. The van der Waals surface area contributed by atoms with Crippen LogP contribution in [0.3, 0.4) is 0 Å². The van der Waals surface area contributed by atoms with Gasteiger partial charge in [-0.05, 0) is 0 Å². The lowest BCUT2D eigenvalue weighted by Gasteiger charge is -2.10. The van der Waals surface area contributed by atoms with Gasteiger partial charge in [0.2, 0.25) is 0 Å². The van der Waals surface area contributed by atoms with E-state index in [9.17, 15) is 9.36 Å². The third kappa shape index (κ3) is 8.43. The van der Waals surface area contributed by atoms with Crippen LogP contribution in [0.5, 0.6) is 0 Å². The van der Waals surface area contributed by atoms with Crippen molar-refractivity contribution >= 4 is 25.2 Å². The van der Waals surface area contributed by atoms with Gasteiger partial charge in [0, 0.05) is 0 Å². The normalized spacial score (nSPS) is 13.7. The summed E-state index contributed by atoms with van der Waals surface area (Å²) in [6, 6.07) is 0. The molecular weight excluding hydrogens is 234 g/mol. The van der Waals surface area contributed by atoms with Crippen LogP contribution in [0, 0.1) is 0 Å². The smallest absolute Gasteiger partial charge is 0.339 e. The Balaban J connectivity index is 3.60. The molecule has 0 aromatic rings. The maximum absolute atomic E-state index is 10.8. The van der Waals surface area contributed by atoms with Crippen molar-refractivity contribution < 1.29 is 23.9 Å². The van der Waals surface area contributed by atoms with Gasteiger partial charge in [-0.25, -0.2) is 0 Å². The first-order chi connectivity index (χ1) is 6.35. The van der Waals surface area contributed by atoms with E-state index in [2.05, 4.69) is 10.1 Å². The predicted octanol–water partition coefficient (Wildman–Crippen LogP) is -1.22. The van der Waals surface area contributed by atoms with Crippen molar-refractivity contribution in [1.82, 2.24) is 5.32 Å². The second-order valence-electron chi connectivity index (χ2n) is 2.43. The van der Waals surface area contributed by atoms with Crippen LogP contribution in [0.2, 0.25) is 0 Å². The van der Waals surface area contributed by atoms with Crippen molar-refractivity contribution in [2.45, 2.75) is 6.23 Å². The van der Waals surface area contributed by atoms with Crippen LogP contribution in [-0.4, -0.2) is 40.7 Å². The van der Waals surface area contributed by atoms with Crippen LogP contribution in [0.15, 0.2) is 0 Å². The van der Waals surface area contributed by atoms with E-state index in [1.807, 2.05) is 0 Å². The molecule has 0 aliphatic rings. The van der Waals surface area contributed by atoms with Crippen molar-refractivity contribution in [1.29, 1.82) is 0 Å². The highest BCUT2D eigenvalue weighted by Crippen LogP contribution is 2.31. The van der Waals surface area contributed by atoms with Gasteiger partial charge in [0.15, 0.2) is 6.23 Å². The number of rotatable bonds is 6. The first kappa shape index (κ1) is 13.8. The Morgan fingerprint density at radius 1 is 1.64 bits per heavy atom. The molecule has 0 aromatic carbocycles. The summed E-state index contributed by atoms with van der Waals surface area (Å²) < 4.78 is 14.8. The Morgan fingerprint density at radius 3 is 2.64 bits per heavy atom. The monoisotopic (exact) mass is 246 g/mol. The number of ether oxygens (including phenoxy) is 1. The molecule has 0 rings (SSSR count). The van der Waals surface area contributed by atoms with E-state index in [1.54, 1.807) is 0 Å². The van der Waals surface area contributed by atoms with Crippen molar-refractivity contribution in [3.05, 3.63) is 0 Å². The molecule has 0 fully saturated rings. The number of hydrogen-bond donors (Lipinski definition) is 4. The second kappa shape index (κ2) is 6.34.